The van der Waals surface area contributed by atoms with Gasteiger partial charge in [-0.05, 0) is 43.2 Å². The van der Waals surface area contributed by atoms with Crippen LogP contribution in [0.4, 0.5) is 15.8 Å². The number of hydrogen-bond donors (Lipinski definition) is 1. The minimum Gasteiger partial charge on any atom is -0.326 e. The summed E-state index contributed by atoms with van der Waals surface area (Å²) in [6, 6.07) is 12.4. The maximum atomic E-state index is 14.0. The molecule has 1 saturated heterocycles. The minimum atomic E-state index is -0.317. The lowest BCUT2D eigenvalue weighted by Crippen LogP contribution is -2.28. The molecule has 0 bridgehead atoms. The normalized spacial score (nSPS) is 16.3. The lowest BCUT2D eigenvalue weighted by molar-refractivity contribution is -0.116. The van der Waals surface area contributed by atoms with Crippen LogP contribution < -0.4 is 10.2 Å². The molecule has 1 fully saturated rings. The lowest BCUT2D eigenvalue weighted by atomic mass is 10.1. The largest absolute Gasteiger partial charge is 0.326 e. The number of rotatable bonds is 8. The second-order valence-electron chi connectivity index (χ2n) is 7.29. The Hall–Kier alpha value is -2.34. The molecule has 0 aromatic heterocycles. The van der Waals surface area contributed by atoms with E-state index in [1.807, 2.05) is 24.3 Å². The van der Waals surface area contributed by atoms with Crippen LogP contribution in [0, 0.1) is 12.7 Å². The molecule has 1 N–H and O–H groups in total. The Balaban J connectivity index is 1.69. The molecule has 2 amide bonds. The summed E-state index contributed by atoms with van der Waals surface area (Å²) in [5.41, 5.74) is 2.78. The molecule has 0 aliphatic carbocycles. The number of nitrogens with zero attached hydrogens (tertiary/aromatic N) is 1. The van der Waals surface area contributed by atoms with Crippen molar-refractivity contribution in [3.8, 4) is 0 Å². The molecule has 0 radical (unpaired) electrons. The van der Waals surface area contributed by atoms with E-state index in [-0.39, 0.29) is 23.0 Å². The molecule has 1 atom stereocenters. The van der Waals surface area contributed by atoms with Crippen LogP contribution in [0.15, 0.2) is 42.5 Å². The molecular weight excluding hydrogens is 387 g/mol. The maximum absolute atomic E-state index is 14.0. The Morgan fingerprint density at radius 3 is 2.66 bits per heavy atom. The van der Waals surface area contributed by atoms with Crippen LogP contribution in [0.25, 0.3) is 0 Å². The summed E-state index contributed by atoms with van der Waals surface area (Å²) in [6.45, 7) is 3.84. The zero-order valence-corrected chi connectivity index (χ0v) is 17.7. The number of carbonyl (C=O) groups is 2. The van der Waals surface area contributed by atoms with Crippen LogP contribution in [0.3, 0.4) is 0 Å². The fourth-order valence-corrected chi connectivity index (χ4v) is 4.62. The standard InChI is InChI=1S/C23H27FN2O2S/c1-3-4-5-6-10-21(27)25-18-13-11-17(12-14-18)23-26(22(28)15-29-23)20-9-7-8-19(24)16(20)2/h7-9,11-14,23H,3-6,10,15H2,1-2H3,(H,25,27)/t23-/m0/s1. The zero-order valence-electron chi connectivity index (χ0n) is 16.9. The summed E-state index contributed by atoms with van der Waals surface area (Å²) in [5.74, 6) is 0.0361. The van der Waals surface area contributed by atoms with Gasteiger partial charge in [-0.2, -0.15) is 0 Å². The summed E-state index contributed by atoms with van der Waals surface area (Å²) < 4.78 is 14.0. The average Bonchev–Trinajstić information content (AvgIpc) is 3.09. The van der Waals surface area contributed by atoms with Crippen LogP contribution in [-0.4, -0.2) is 17.6 Å². The van der Waals surface area contributed by atoms with Crippen LogP contribution in [0.2, 0.25) is 0 Å². The summed E-state index contributed by atoms with van der Waals surface area (Å²) >= 11 is 1.52. The van der Waals surface area contributed by atoms with E-state index in [0.717, 1.165) is 36.9 Å². The zero-order chi connectivity index (χ0) is 20.8. The van der Waals surface area contributed by atoms with E-state index < -0.39 is 0 Å². The van der Waals surface area contributed by atoms with E-state index >= 15 is 0 Å². The van der Waals surface area contributed by atoms with E-state index in [4.69, 9.17) is 0 Å². The molecule has 6 heteroatoms. The first-order valence-electron chi connectivity index (χ1n) is 10.1. The van der Waals surface area contributed by atoms with E-state index in [1.165, 1.54) is 17.8 Å². The fourth-order valence-electron chi connectivity index (χ4n) is 3.46. The van der Waals surface area contributed by atoms with Crippen molar-refractivity contribution >= 4 is 35.0 Å². The second kappa shape index (κ2) is 9.92. The number of carbonyl (C=O) groups excluding carboxylic acids is 2. The first-order valence-corrected chi connectivity index (χ1v) is 11.1. The predicted octanol–water partition coefficient (Wildman–Crippen LogP) is 5.82. The van der Waals surface area contributed by atoms with Gasteiger partial charge in [0.15, 0.2) is 0 Å². The molecule has 0 unspecified atom stereocenters. The fraction of sp³-hybridized carbons (Fsp3) is 0.391. The highest BCUT2D eigenvalue weighted by Crippen LogP contribution is 2.43. The number of nitrogens with one attached hydrogen (secondary N) is 1. The predicted molar refractivity (Wildman–Crippen MR) is 118 cm³/mol. The van der Waals surface area contributed by atoms with Gasteiger partial charge in [0.05, 0.1) is 11.4 Å². The number of thioether (sulfide) groups is 1. The smallest absolute Gasteiger partial charge is 0.238 e. The van der Waals surface area contributed by atoms with Gasteiger partial charge < -0.3 is 5.32 Å². The van der Waals surface area contributed by atoms with Crippen molar-refractivity contribution in [2.75, 3.05) is 16.0 Å². The van der Waals surface area contributed by atoms with E-state index in [0.29, 0.717) is 23.4 Å². The minimum absolute atomic E-state index is 0.0243. The van der Waals surface area contributed by atoms with Gasteiger partial charge in [-0.25, -0.2) is 4.39 Å². The molecule has 1 aliphatic rings. The van der Waals surface area contributed by atoms with Crippen molar-refractivity contribution in [1.29, 1.82) is 0 Å². The molecule has 2 aromatic carbocycles. The van der Waals surface area contributed by atoms with Gasteiger partial charge in [0, 0.05) is 17.7 Å². The van der Waals surface area contributed by atoms with Crippen molar-refractivity contribution in [2.45, 2.75) is 51.3 Å². The van der Waals surface area contributed by atoms with E-state index in [9.17, 15) is 14.0 Å². The summed E-state index contributed by atoms with van der Waals surface area (Å²) in [4.78, 5) is 26.2. The van der Waals surface area contributed by atoms with Gasteiger partial charge in [0.25, 0.3) is 0 Å². The monoisotopic (exact) mass is 414 g/mol. The first kappa shape index (κ1) is 21.4. The summed E-state index contributed by atoms with van der Waals surface area (Å²) in [5, 5.41) is 2.72. The number of halogens is 1. The van der Waals surface area contributed by atoms with Gasteiger partial charge in [0.2, 0.25) is 11.8 Å². The van der Waals surface area contributed by atoms with Crippen molar-refractivity contribution in [3.05, 3.63) is 59.4 Å². The number of anilines is 2. The molecule has 1 heterocycles. The highest BCUT2D eigenvalue weighted by atomic mass is 32.2. The van der Waals surface area contributed by atoms with E-state index in [1.54, 1.807) is 24.0 Å². The van der Waals surface area contributed by atoms with Gasteiger partial charge in [0.1, 0.15) is 11.2 Å². The summed E-state index contributed by atoms with van der Waals surface area (Å²) in [6.07, 6.45) is 4.81. The Morgan fingerprint density at radius 1 is 1.17 bits per heavy atom. The van der Waals surface area contributed by atoms with Gasteiger partial charge in [-0.3, -0.25) is 14.5 Å². The molecular formula is C23H27FN2O2S. The quantitative estimate of drug-likeness (QED) is 0.554. The Kier molecular flexibility index (Phi) is 7.31. The molecule has 0 spiro atoms. The molecule has 4 nitrogen and oxygen atoms in total. The second-order valence-corrected chi connectivity index (χ2v) is 8.36. The molecule has 154 valence electrons. The third-order valence-electron chi connectivity index (χ3n) is 5.10. The van der Waals surface area contributed by atoms with Crippen molar-refractivity contribution in [1.82, 2.24) is 0 Å². The van der Waals surface area contributed by atoms with E-state index in [2.05, 4.69) is 12.2 Å². The lowest BCUT2D eigenvalue weighted by Gasteiger charge is -2.26. The third kappa shape index (κ3) is 5.18. The average molecular weight is 415 g/mol. The molecule has 2 aromatic rings. The third-order valence-corrected chi connectivity index (χ3v) is 6.32. The maximum Gasteiger partial charge on any atom is 0.238 e. The molecule has 0 saturated carbocycles. The first-order chi connectivity index (χ1) is 14.0. The SMILES string of the molecule is CCCCCCC(=O)Nc1ccc([C@@H]2SCC(=O)N2c2cccc(F)c2C)cc1. The topological polar surface area (TPSA) is 49.4 Å². The van der Waals surface area contributed by atoms with Crippen molar-refractivity contribution in [3.63, 3.8) is 0 Å². The van der Waals surface area contributed by atoms with Gasteiger partial charge >= 0.3 is 0 Å². The van der Waals surface area contributed by atoms with Crippen molar-refractivity contribution < 1.29 is 14.0 Å². The van der Waals surface area contributed by atoms with Crippen molar-refractivity contribution in [2.24, 2.45) is 0 Å². The Bertz CT molecular complexity index is 870. The highest BCUT2D eigenvalue weighted by Gasteiger charge is 2.35. The number of hydrogen-bond acceptors (Lipinski definition) is 3. The Labute approximate surface area is 175 Å². The van der Waals surface area contributed by atoms with Crippen LogP contribution in [0.1, 0.15) is 55.5 Å². The van der Waals surface area contributed by atoms with Crippen LogP contribution in [-0.2, 0) is 9.59 Å². The summed E-state index contributed by atoms with van der Waals surface area (Å²) in [7, 11) is 0. The van der Waals surface area contributed by atoms with Gasteiger partial charge in [-0.15, -0.1) is 11.8 Å². The van der Waals surface area contributed by atoms with Crippen LogP contribution in [0.5, 0.6) is 0 Å². The van der Waals surface area contributed by atoms with Gasteiger partial charge in [-0.1, -0.05) is 44.4 Å². The number of benzene rings is 2. The molecule has 1 aliphatic heterocycles. The number of unbranched alkanes of at least 4 members (excludes halogenated alkanes) is 3. The Morgan fingerprint density at radius 2 is 1.93 bits per heavy atom. The number of amides is 2. The highest BCUT2D eigenvalue weighted by molar-refractivity contribution is 8.00. The molecule has 29 heavy (non-hydrogen) atoms. The van der Waals surface area contributed by atoms with Crippen LogP contribution >= 0.6 is 11.8 Å². The molecule has 3 rings (SSSR count).